The molecule has 7 heteroatoms. The molecule has 0 aromatic heterocycles. The number of likely N-dealkylation sites (tertiary alicyclic amines) is 1. The van der Waals surface area contributed by atoms with Crippen LogP contribution >= 0.6 is 0 Å². The summed E-state index contributed by atoms with van der Waals surface area (Å²) < 4.78 is 30.2. The molecule has 0 spiro atoms. The fraction of sp³-hybridized carbons (Fsp3) is 0.611. The first-order valence-electron chi connectivity index (χ1n) is 8.65. The number of hydrogen-bond acceptors (Lipinski definition) is 5. The summed E-state index contributed by atoms with van der Waals surface area (Å²) in [5.41, 5.74) is 5.96. The Labute approximate surface area is 150 Å². The number of nitrogens with zero attached hydrogens (tertiary/aromatic N) is 1. The second-order valence-electron chi connectivity index (χ2n) is 6.90. The maximum Gasteiger partial charge on any atom is 0.226 e. The van der Waals surface area contributed by atoms with Gasteiger partial charge in [0.05, 0.1) is 17.8 Å². The van der Waals surface area contributed by atoms with Crippen molar-refractivity contribution in [2.75, 3.05) is 26.0 Å². The maximum atomic E-state index is 12.7. The SMILES string of the molecule is COc1ccc(S(=O)(=O)CC(C)C(=O)N2CCCC(C(C)N)C2)cc1. The van der Waals surface area contributed by atoms with Crippen molar-refractivity contribution in [2.24, 2.45) is 17.6 Å². The standard InChI is InChI=1S/C18H28N2O4S/c1-13(18(21)20-10-4-5-15(11-20)14(2)19)12-25(22,23)17-8-6-16(24-3)7-9-17/h6-9,13-15H,4-5,10-12,19H2,1-3H3. The number of benzene rings is 1. The minimum absolute atomic E-state index is 0.0361. The van der Waals surface area contributed by atoms with Crippen LogP contribution in [0.5, 0.6) is 5.75 Å². The molecule has 0 aliphatic carbocycles. The summed E-state index contributed by atoms with van der Waals surface area (Å²) in [7, 11) is -2.00. The zero-order valence-corrected chi connectivity index (χ0v) is 16.0. The van der Waals surface area contributed by atoms with Gasteiger partial charge in [-0.15, -0.1) is 0 Å². The number of rotatable bonds is 6. The second-order valence-corrected chi connectivity index (χ2v) is 8.94. The Balaban J connectivity index is 2.04. The normalized spacial score (nSPS) is 20.8. The molecule has 1 saturated heterocycles. The molecule has 0 bridgehead atoms. The van der Waals surface area contributed by atoms with Crippen LogP contribution < -0.4 is 10.5 Å². The van der Waals surface area contributed by atoms with E-state index >= 15 is 0 Å². The Hall–Kier alpha value is -1.60. The molecule has 1 aliphatic rings. The fourth-order valence-corrected chi connectivity index (χ4v) is 4.77. The van der Waals surface area contributed by atoms with E-state index in [9.17, 15) is 13.2 Å². The highest BCUT2D eigenvalue weighted by Gasteiger charge is 2.31. The highest BCUT2D eigenvalue weighted by molar-refractivity contribution is 7.91. The molecule has 1 aromatic rings. The van der Waals surface area contributed by atoms with Crippen molar-refractivity contribution in [3.63, 3.8) is 0 Å². The van der Waals surface area contributed by atoms with Gasteiger partial charge in [-0.25, -0.2) is 8.42 Å². The lowest BCUT2D eigenvalue weighted by Gasteiger charge is -2.36. The predicted molar refractivity (Wildman–Crippen MR) is 97.2 cm³/mol. The molecule has 0 radical (unpaired) electrons. The van der Waals surface area contributed by atoms with E-state index in [1.54, 1.807) is 24.0 Å². The van der Waals surface area contributed by atoms with Gasteiger partial charge in [0.25, 0.3) is 0 Å². The van der Waals surface area contributed by atoms with Gasteiger partial charge in [-0.3, -0.25) is 4.79 Å². The van der Waals surface area contributed by atoms with Gasteiger partial charge >= 0.3 is 0 Å². The highest BCUT2D eigenvalue weighted by atomic mass is 32.2. The van der Waals surface area contributed by atoms with Crippen molar-refractivity contribution in [3.05, 3.63) is 24.3 Å². The number of carbonyl (C=O) groups is 1. The summed E-state index contributed by atoms with van der Waals surface area (Å²) >= 11 is 0. The number of piperidine rings is 1. The molecule has 1 amide bonds. The van der Waals surface area contributed by atoms with Gasteiger partial charge in [0.1, 0.15) is 5.75 Å². The van der Waals surface area contributed by atoms with E-state index in [0.717, 1.165) is 12.8 Å². The van der Waals surface area contributed by atoms with E-state index in [1.807, 2.05) is 6.92 Å². The van der Waals surface area contributed by atoms with Crippen molar-refractivity contribution in [3.8, 4) is 5.75 Å². The molecular weight excluding hydrogens is 340 g/mol. The number of methoxy groups -OCH3 is 1. The van der Waals surface area contributed by atoms with E-state index in [4.69, 9.17) is 10.5 Å². The van der Waals surface area contributed by atoms with Gasteiger partial charge in [0.2, 0.25) is 5.91 Å². The largest absolute Gasteiger partial charge is 0.497 e. The quantitative estimate of drug-likeness (QED) is 0.825. The minimum Gasteiger partial charge on any atom is -0.497 e. The van der Waals surface area contributed by atoms with Crippen LogP contribution in [0.15, 0.2) is 29.2 Å². The second kappa shape index (κ2) is 8.19. The van der Waals surface area contributed by atoms with E-state index in [2.05, 4.69) is 0 Å². The summed E-state index contributed by atoms with van der Waals surface area (Å²) in [4.78, 5) is 14.7. The molecule has 6 nitrogen and oxygen atoms in total. The molecule has 1 heterocycles. The van der Waals surface area contributed by atoms with Crippen molar-refractivity contribution >= 4 is 15.7 Å². The summed E-state index contributed by atoms with van der Waals surface area (Å²) in [6.07, 6.45) is 1.93. The first kappa shape index (κ1) is 19.7. The van der Waals surface area contributed by atoms with Crippen LogP contribution in [-0.2, 0) is 14.6 Å². The lowest BCUT2D eigenvalue weighted by molar-refractivity contribution is -0.136. The van der Waals surface area contributed by atoms with Crippen molar-refractivity contribution in [2.45, 2.75) is 37.6 Å². The smallest absolute Gasteiger partial charge is 0.226 e. The van der Waals surface area contributed by atoms with Crippen LogP contribution in [0, 0.1) is 11.8 Å². The third kappa shape index (κ3) is 4.95. The van der Waals surface area contributed by atoms with Crippen LogP contribution in [0.4, 0.5) is 0 Å². The van der Waals surface area contributed by atoms with E-state index in [1.165, 1.54) is 19.2 Å². The number of sulfone groups is 1. The lowest BCUT2D eigenvalue weighted by atomic mass is 9.91. The molecule has 2 N–H and O–H groups in total. The Bertz CT molecular complexity index is 686. The van der Waals surface area contributed by atoms with Gasteiger partial charge in [-0.05, 0) is 49.9 Å². The Morgan fingerprint density at radius 2 is 1.96 bits per heavy atom. The first-order chi connectivity index (χ1) is 11.7. The average molecular weight is 368 g/mol. The van der Waals surface area contributed by atoms with Gasteiger partial charge in [-0.1, -0.05) is 6.92 Å². The van der Waals surface area contributed by atoms with Gasteiger partial charge in [0, 0.05) is 25.0 Å². The van der Waals surface area contributed by atoms with Gasteiger partial charge in [-0.2, -0.15) is 0 Å². The number of nitrogens with two attached hydrogens (primary N) is 1. The summed E-state index contributed by atoms with van der Waals surface area (Å²) in [5.74, 6) is -0.0138. The zero-order valence-electron chi connectivity index (χ0n) is 15.1. The lowest BCUT2D eigenvalue weighted by Crippen LogP contribution is -2.47. The number of carbonyl (C=O) groups excluding carboxylic acids is 1. The third-order valence-electron chi connectivity index (χ3n) is 4.82. The Morgan fingerprint density at radius 1 is 1.32 bits per heavy atom. The molecule has 25 heavy (non-hydrogen) atoms. The Kier molecular flexibility index (Phi) is 6.46. The average Bonchev–Trinajstić information content (AvgIpc) is 2.60. The maximum absolute atomic E-state index is 12.7. The van der Waals surface area contributed by atoms with Crippen molar-refractivity contribution < 1.29 is 17.9 Å². The van der Waals surface area contributed by atoms with Crippen LogP contribution in [0.2, 0.25) is 0 Å². The summed E-state index contributed by atoms with van der Waals surface area (Å²) in [6.45, 7) is 4.92. The minimum atomic E-state index is -3.53. The molecular formula is C18H28N2O4S. The number of ether oxygens (including phenoxy) is 1. The zero-order chi connectivity index (χ0) is 18.6. The Morgan fingerprint density at radius 3 is 2.52 bits per heavy atom. The third-order valence-corrected chi connectivity index (χ3v) is 6.75. The number of hydrogen-bond donors (Lipinski definition) is 1. The molecule has 140 valence electrons. The van der Waals surface area contributed by atoms with Crippen LogP contribution in [-0.4, -0.2) is 51.2 Å². The topological polar surface area (TPSA) is 89.7 Å². The van der Waals surface area contributed by atoms with Crippen LogP contribution in [0.1, 0.15) is 26.7 Å². The van der Waals surface area contributed by atoms with Crippen molar-refractivity contribution in [1.29, 1.82) is 0 Å². The van der Waals surface area contributed by atoms with Crippen molar-refractivity contribution in [1.82, 2.24) is 4.90 Å². The molecule has 3 unspecified atom stereocenters. The molecule has 2 rings (SSSR count). The molecule has 1 fully saturated rings. The first-order valence-corrected chi connectivity index (χ1v) is 10.3. The molecule has 0 saturated carbocycles. The molecule has 1 aromatic carbocycles. The highest BCUT2D eigenvalue weighted by Crippen LogP contribution is 2.23. The van der Waals surface area contributed by atoms with E-state index < -0.39 is 15.8 Å². The van der Waals surface area contributed by atoms with Gasteiger partial charge < -0.3 is 15.4 Å². The van der Waals surface area contributed by atoms with E-state index in [-0.39, 0.29) is 28.5 Å². The molecule has 3 atom stereocenters. The summed E-state index contributed by atoms with van der Waals surface area (Å²) in [5, 5.41) is 0. The van der Waals surface area contributed by atoms with E-state index in [0.29, 0.717) is 18.8 Å². The fourth-order valence-electron chi connectivity index (χ4n) is 3.23. The monoisotopic (exact) mass is 368 g/mol. The van der Waals surface area contributed by atoms with Crippen LogP contribution in [0.25, 0.3) is 0 Å². The number of amides is 1. The van der Waals surface area contributed by atoms with Crippen LogP contribution in [0.3, 0.4) is 0 Å². The summed E-state index contributed by atoms with van der Waals surface area (Å²) in [6, 6.07) is 6.28. The molecule has 1 aliphatic heterocycles. The predicted octanol–water partition coefficient (Wildman–Crippen LogP) is 1.69. The van der Waals surface area contributed by atoms with Gasteiger partial charge in [0.15, 0.2) is 9.84 Å².